The molecule has 0 saturated carbocycles. The third-order valence-electron chi connectivity index (χ3n) is 1.47. The summed E-state index contributed by atoms with van der Waals surface area (Å²) in [6.07, 6.45) is -9.85. The zero-order valence-electron chi connectivity index (χ0n) is 9.25. The maximum absolute atomic E-state index is 11.7. The molecule has 0 bridgehead atoms. The van der Waals surface area contributed by atoms with Gasteiger partial charge in [-0.25, -0.2) is 0 Å². The molecular formula is C6H8F6O6P2. The SMILES string of the molecule is O=C(O)C([PH](=O)OCC(F)(F)F)[PH](=O)OCC(F)(F)F. The summed E-state index contributed by atoms with van der Waals surface area (Å²) >= 11 is 0. The van der Waals surface area contributed by atoms with E-state index in [1.807, 2.05) is 0 Å². The summed E-state index contributed by atoms with van der Waals surface area (Å²) in [6, 6.07) is 0. The summed E-state index contributed by atoms with van der Waals surface area (Å²) in [5.74, 6) is -2.14. The molecule has 120 valence electrons. The molecule has 0 saturated heterocycles. The van der Waals surface area contributed by atoms with E-state index in [2.05, 4.69) is 9.05 Å². The first-order chi connectivity index (χ1) is 8.83. The molecule has 0 fully saturated rings. The molecule has 6 nitrogen and oxygen atoms in total. The molecule has 1 N–H and O–H groups in total. The van der Waals surface area contributed by atoms with Crippen LogP contribution in [0.25, 0.3) is 0 Å². The highest BCUT2D eigenvalue weighted by Crippen LogP contribution is 2.47. The van der Waals surface area contributed by atoms with Gasteiger partial charge in [0, 0.05) is 0 Å². The van der Waals surface area contributed by atoms with Gasteiger partial charge in [-0.1, -0.05) is 0 Å². The minimum absolute atomic E-state index is 2.08. The third-order valence-corrected chi connectivity index (χ3v) is 5.18. The monoisotopic (exact) mass is 352 g/mol. The number of aliphatic carboxylic acids is 1. The minimum Gasteiger partial charge on any atom is -0.480 e. The first-order valence-electron chi connectivity index (χ1n) is 4.53. The number of hydrogen-bond donors (Lipinski definition) is 1. The predicted octanol–water partition coefficient (Wildman–Crippen LogP) is 2.50. The van der Waals surface area contributed by atoms with Crippen molar-refractivity contribution >= 4 is 22.0 Å². The molecule has 2 unspecified atom stereocenters. The number of alkyl halides is 6. The Morgan fingerprint density at radius 3 is 1.45 bits per heavy atom. The summed E-state index contributed by atoms with van der Waals surface area (Å²) in [5, 5.41) is 5.94. The van der Waals surface area contributed by atoms with Crippen LogP contribution >= 0.6 is 16.1 Å². The number of carboxylic acids is 1. The molecule has 0 aromatic heterocycles. The maximum atomic E-state index is 11.7. The maximum Gasteiger partial charge on any atom is 0.412 e. The molecule has 14 heteroatoms. The van der Waals surface area contributed by atoms with E-state index in [1.165, 1.54) is 0 Å². The molecule has 0 aliphatic carbocycles. The molecule has 0 amide bonds. The van der Waals surface area contributed by atoms with Gasteiger partial charge in [0.1, 0.15) is 13.2 Å². The Hall–Kier alpha value is -0.570. The smallest absolute Gasteiger partial charge is 0.412 e. The highest BCUT2D eigenvalue weighted by Gasteiger charge is 2.38. The van der Waals surface area contributed by atoms with E-state index in [0.717, 1.165) is 0 Å². The number of rotatable bonds is 7. The van der Waals surface area contributed by atoms with Gasteiger partial charge in [-0.3, -0.25) is 13.9 Å². The van der Waals surface area contributed by atoms with Crippen LogP contribution < -0.4 is 0 Å². The van der Waals surface area contributed by atoms with E-state index in [9.17, 15) is 40.3 Å². The second-order valence-electron chi connectivity index (χ2n) is 3.22. The van der Waals surface area contributed by atoms with Crippen LogP contribution in [0, 0.1) is 0 Å². The van der Waals surface area contributed by atoms with E-state index in [0.29, 0.717) is 0 Å². The Morgan fingerprint density at radius 1 is 0.950 bits per heavy atom. The summed E-state index contributed by atoms with van der Waals surface area (Å²) in [7, 11) is -8.11. The molecule has 0 radical (unpaired) electrons. The highest BCUT2D eigenvalue weighted by molar-refractivity contribution is 7.60. The summed E-state index contributed by atoms with van der Waals surface area (Å²) in [4.78, 5) is 10.6. The number of carboxylic acid groups (broad SMARTS) is 1. The van der Waals surface area contributed by atoms with E-state index < -0.39 is 53.0 Å². The van der Waals surface area contributed by atoms with Crippen molar-refractivity contribution in [2.45, 2.75) is 17.8 Å². The standard InChI is InChI=1S/C6H8F6O6P2/c7-5(8,9)1-17-19(15)4(3(13)14)20(16)18-2-6(10,11)12/h4,19-20H,1-2H2,(H,13,14). The van der Waals surface area contributed by atoms with Crippen LogP contribution in [0.4, 0.5) is 26.3 Å². The fourth-order valence-corrected chi connectivity index (χ4v) is 3.39. The van der Waals surface area contributed by atoms with Crippen molar-refractivity contribution < 1.29 is 54.4 Å². The molecule has 20 heavy (non-hydrogen) atoms. The molecular weight excluding hydrogens is 344 g/mol. The highest BCUT2D eigenvalue weighted by atomic mass is 31.2. The van der Waals surface area contributed by atoms with Gasteiger partial charge in [-0.05, 0) is 0 Å². The van der Waals surface area contributed by atoms with Gasteiger partial charge in [0.2, 0.25) is 21.5 Å². The van der Waals surface area contributed by atoms with Gasteiger partial charge in [0.05, 0.1) is 0 Å². The second kappa shape index (κ2) is 7.44. The van der Waals surface area contributed by atoms with E-state index in [4.69, 9.17) is 5.11 Å². The number of halogens is 6. The molecule has 0 aliphatic rings. The zero-order valence-corrected chi connectivity index (χ0v) is 11.2. The van der Waals surface area contributed by atoms with Crippen LogP contribution in [0.1, 0.15) is 0 Å². The molecule has 0 aromatic carbocycles. The van der Waals surface area contributed by atoms with Crippen LogP contribution in [0.15, 0.2) is 0 Å². The van der Waals surface area contributed by atoms with Crippen LogP contribution in [0.5, 0.6) is 0 Å². The topological polar surface area (TPSA) is 89.9 Å². The van der Waals surface area contributed by atoms with Crippen molar-refractivity contribution in [1.29, 1.82) is 0 Å². The summed E-state index contributed by atoms with van der Waals surface area (Å²) < 4.78 is 100. The molecule has 0 rings (SSSR count). The number of hydrogen-bond acceptors (Lipinski definition) is 5. The lowest BCUT2D eigenvalue weighted by Gasteiger charge is -2.14. The van der Waals surface area contributed by atoms with E-state index >= 15 is 0 Å². The van der Waals surface area contributed by atoms with Crippen molar-refractivity contribution in [3.05, 3.63) is 0 Å². The second-order valence-corrected chi connectivity index (χ2v) is 6.80. The van der Waals surface area contributed by atoms with Gasteiger partial charge < -0.3 is 14.2 Å². The molecule has 0 spiro atoms. The van der Waals surface area contributed by atoms with Crippen LogP contribution in [-0.2, 0) is 23.0 Å². The van der Waals surface area contributed by atoms with Crippen molar-refractivity contribution in [2.75, 3.05) is 13.2 Å². The summed E-state index contributed by atoms with van der Waals surface area (Å²) in [5.41, 5.74) is 0. The minimum atomic E-state index is -4.92. The van der Waals surface area contributed by atoms with Crippen molar-refractivity contribution in [3.8, 4) is 0 Å². The molecule has 0 heterocycles. The quantitative estimate of drug-likeness (QED) is 0.559. The van der Waals surface area contributed by atoms with Crippen LogP contribution in [-0.4, -0.2) is 42.0 Å². The first-order valence-corrected chi connectivity index (χ1v) is 7.32. The zero-order chi connectivity index (χ0) is 16.1. The molecule has 0 aliphatic heterocycles. The van der Waals surface area contributed by atoms with Crippen molar-refractivity contribution in [3.63, 3.8) is 0 Å². The van der Waals surface area contributed by atoms with Gasteiger partial charge in [-0.15, -0.1) is 0 Å². The third kappa shape index (κ3) is 8.57. The van der Waals surface area contributed by atoms with E-state index in [1.54, 1.807) is 0 Å². The van der Waals surface area contributed by atoms with Crippen molar-refractivity contribution in [2.24, 2.45) is 0 Å². The molecule has 2 atom stereocenters. The normalized spacial score (nSPS) is 17.5. The predicted molar refractivity (Wildman–Crippen MR) is 53.4 cm³/mol. The van der Waals surface area contributed by atoms with Gasteiger partial charge >= 0.3 is 18.3 Å². The van der Waals surface area contributed by atoms with Crippen LogP contribution in [0.2, 0.25) is 0 Å². The fourth-order valence-electron chi connectivity index (χ4n) is 0.770. The largest absolute Gasteiger partial charge is 0.480 e. The van der Waals surface area contributed by atoms with Gasteiger partial charge in [0.25, 0.3) is 0 Å². The Balaban J connectivity index is 4.68. The Labute approximate surface area is 108 Å². The van der Waals surface area contributed by atoms with E-state index in [-0.39, 0.29) is 0 Å². The first kappa shape index (κ1) is 19.4. The van der Waals surface area contributed by atoms with Crippen molar-refractivity contribution in [1.82, 2.24) is 0 Å². The average Bonchev–Trinajstić information content (AvgIpc) is 2.21. The van der Waals surface area contributed by atoms with Gasteiger partial charge in [0.15, 0.2) is 0 Å². The van der Waals surface area contributed by atoms with Gasteiger partial charge in [-0.2, -0.15) is 26.3 Å². The van der Waals surface area contributed by atoms with Crippen LogP contribution in [0.3, 0.4) is 0 Å². The summed E-state index contributed by atoms with van der Waals surface area (Å²) in [6.45, 7) is -4.16. The lowest BCUT2D eigenvalue weighted by molar-refractivity contribution is -0.154. The lowest BCUT2D eigenvalue weighted by atomic mass is 10.7. The Bertz CT molecular complexity index is 362. The molecule has 0 aromatic rings. The fraction of sp³-hybridized carbons (Fsp3) is 0.833. The lowest BCUT2D eigenvalue weighted by Crippen LogP contribution is -2.20. The Kier molecular flexibility index (Phi) is 7.23. The Morgan fingerprint density at radius 2 is 1.25 bits per heavy atom. The number of carbonyl (C=O) groups is 1. The average molecular weight is 352 g/mol.